The minimum Gasteiger partial charge on any atom is -0.867 e. The van der Waals surface area contributed by atoms with E-state index in [-0.39, 0.29) is 11.6 Å². The maximum absolute atomic E-state index is 12.3. The molecule has 2 aromatic rings. The number of amides is 1. The maximum atomic E-state index is 12.3. The zero-order valence-corrected chi connectivity index (χ0v) is 16.2. The van der Waals surface area contributed by atoms with Crippen molar-refractivity contribution in [3.05, 3.63) is 34.3 Å². The van der Waals surface area contributed by atoms with Crippen molar-refractivity contribution in [2.75, 3.05) is 21.3 Å². The summed E-state index contributed by atoms with van der Waals surface area (Å²) in [5.74, 6) is 0.708. The van der Waals surface area contributed by atoms with Crippen molar-refractivity contribution in [1.29, 1.82) is 5.39 Å². The highest BCUT2D eigenvalue weighted by molar-refractivity contribution is 5.87. The van der Waals surface area contributed by atoms with E-state index in [1.165, 1.54) is 27.2 Å². The van der Waals surface area contributed by atoms with Crippen LogP contribution in [-0.2, 0) is 11.2 Å². The molecule has 0 saturated heterocycles. The Morgan fingerprint density at radius 2 is 1.93 bits per heavy atom. The molecule has 0 radical (unpaired) electrons. The first-order valence-electron chi connectivity index (χ1n) is 8.75. The summed E-state index contributed by atoms with van der Waals surface area (Å²) in [6, 6.07) is 4.35. The third-order valence-corrected chi connectivity index (χ3v) is 4.89. The quantitative estimate of drug-likeness (QED) is 0.813. The van der Waals surface area contributed by atoms with Crippen molar-refractivity contribution < 1.29 is 24.1 Å². The third kappa shape index (κ3) is 3.05. The molecule has 0 aliphatic heterocycles. The molecule has 28 heavy (non-hydrogen) atoms. The van der Waals surface area contributed by atoms with Crippen molar-refractivity contribution in [1.82, 2.24) is 5.32 Å². The lowest BCUT2D eigenvalue weighted by Gasteiger charge is -2.20. The Morgan fingerprint density at radius 3 is 2.50 bits per heavy atom. The smallest absolute Gasteiger partial charge is 0.383 e. The number of diazo groups is 1. The molecule has 0 spiro atoms. The molecule has 0 bridgehead atoms. The van der Waals surface area contributed by atoms with Gasteiger partial charge in [0.2, 0.25) is 17.0 Å². The van der Waals surface area contributed by atoms with Crippen LogP contribution in [0, 0.1) is 5.39 Å². The second-order valence-corrected chi connectivity index (χ2v) is 6.44. The molecule has 8 nitrogen and oxygen atoms in total. The van der Waals surface area contributed by atoms with E-state index < -0.39 is 11.8 Å². The Morgan fingerprint density at radius 1 is 1.21 bits per heavy atom. The highest BCUT2D eigenvalue weighted by Crippen LogP contribution is 2.52. The first-order chi connectivity index (χ1) is 13.5. The Hall–Kier alpha value is -3.47. The molecule has 0 fully saturated rings. The minimum absolute atomic E-state index is 0.0964. The van der Waals surface area contributed by atoms with Crippen molar-refractivity contribution >= 4 is 11.6 Å². The predicted molar refractivity (Wildman–Crippen MR) is 101 cm³/mol. The lowest BCUT2D eigenvalue weighted by Crippen LogP contribution is -2.26. The normalized spacial score (nSPS) is 14.8. The van der Waals surface area contributed by atoms with Gasteiger partial charge in [-0.15, -0.1) is 0 Å². The average molecular weight is 383 g/mol. The summed E-state index contributed by atoms with van der Waals surface area (Å²) in [7, 11) is 4.58. The summed E-state index contributed by atoms with van der Waals surface area (Å²) in [5.41, 5.74) is 2.62. The number of hydrogen-bond acceptors (Lipinski definition) is 6. The van der Waals surface area contributed by atoms with E-state index >= 15 is 0 Å². The molecule has 1 aliphatic carbocycles. The molecule has 8 heteroatoms. The second-order valence-electron chi connectivity index (χ2n) is 6.44. The van der Waals surface area contributed by atoms with Gasteiger partial charge in [-0.3, -0.25) is 4.79 Å². The van der Waals surface area contributed by atoms with Gasteiger partial charge in [0, 0.05) is 12.5 Å². The monoisotopic (exact) mass is 383 g/mol. The Bertz CT molecular complexity index is 981. The number of carbonyl (C=O) groups is 1. The Kier molecular flexibility index (Phi) is 5.27. The van der Waals surface area contributed by atoms with E-state index in [0.717, 1.165) is 5.56 Å². The first kappa shape index (κ1) is 19.3. The predicted octanol–water partition coefficient (Wildman–Crippen LogP) is 3.06. The van der Waals surface area contributed by atoms with Gasteiger partial charge in [-0.05, 0) is 35.8 Å². The largest absolute Gasteiger partial charge is 0.867 e. The summed E-state index contributed by atoms with van der Waals surface area (Å²) in [6.45, 7) is 1.40. The number of ether oxygens (including phenoxy) is 3. The van der Waals surface area contributed by atoms with E-state index in [1.807, 2.05) is 6.07 Å². The lowest BCUT2D eigenvalue weighted by molar-refractivity contribution is -0.267. The van der Waals surface area contributed by atoms with Gasteiger partial charge < -0.3 is 24.6 Å². The minimum atomic E-state index is -0.499. The molecular formula is C20H21N3O5. The molecule has 146 valence electrons. The van der Waals surface area contributed by atoms with Crippen LogP contribution in [0.25, 0.3) is 16.1 Å². The van der Waals surface area contributed by atoms with E-state index in [4.69, 9.17) is 14.2 Å². The van der Waals surface area contributed by atoms with Crippen LogP contribution in [0.5, 0.6) is 23.0 Å². The molecular weight excluding hydrogens is 362 g/mol. The molecule has 2 aromatic carbocycles. The van der Waals surface area contributed by atoms with Gasteiger partial charge in [-0.2, -0.15) is 0 Å². The molecule has 1 atom stereocenters. The summed E-state index contributed by atoms with van der Waals surface area (Å²) in [4.78, 5) is 15.0. The molecule has 1 amide bonds. The van der Waals surface area contributed by atoms with Gasteiger partial charge in [0.05, 0.1) is 32.9 Å². The van der Waals surface area contributed by atoms with E-state index in [0.29, 0.717) is 46.8 Å². The summed E-state index contributed by atoms with van der Waals surface area (Å²) >= 11 is 0. The number of nitrogens with one attached hydrogen (secondary N) is 1. The van der Waals surface area contributed by atoms with Gasteiger partial charge in [-0.1, -0.05) is 12.1 Å². The molecule has 0 saturated carbocycles. The fourth-order valence-corrected chi connectivity index (χ4v) is 3.80. The Balaban J connectivity index is 2.41. The number of aryl methyl sites for hydroxylation is 1. The van der Waals surface area contributed by atoms with E-state index in [2.05, 4.69) is 10.3 Å². The zero-order valence-electron chi connectivity index (χ0n) is 16.2. The van der Waals surface area contributed by atoms with Gasteiger partial charge in [0.25, 0.3) is 0 Å². The van der Waals surface area contributed by atoms with E-state index in [9.17, 15) is 15.3 Å². The van der Waals surface area contributed by atoms with Crippen LogP contribution in [0.3, 0.4) is 0 Å². The van der Waals surface area contributed by atoms with Crippen LogP contribution in [0.1, 0.15) is 30.5 Å². The van der Waals surface area contributed by atoms with Crippen molar-refractivity contribution in [3.63, 3.8) is 0 Å². The zero-order chi connectivity index (χ0) is 20.4. The Labute approximate surface area is 162 Å². The van der Waals surface area contributed by atoms with Crippen LogP contribution in [-0.4, -0.2) is 27.2 Å². The number of rotatable bonds is 4. The van der Waals surface area contributed by atoms with Gasteiger partial charge in [0.1, 0.15) is 0 Å². The highest BCUT2D eigenvalue weighted by atomic mass is 16.5. The lowest BCUT2D eigenvalue weighted by atomic mass is 9.92. The van der Waals surface area contributed by atoms with Crippen LogP contribution < -0.4 is 24.6 Å². The summed E-state index contributed by atoms with van der Waals surface area (Å²) < 4.78 is 16.6. The number of methoxy groups -OCH3 is 3. The molecule has 3 rings (SSSR count). The topological polar surface area (TPSA) is 108 Å². The van der Waals surface area contributed by atoms with E-state index in [1.54, 1.807) is 13.2 Å². The van der Waals surface area contributed by atoms with Crippen LogP contribution in [0.4, 0.5) is 5.69 Å². The third-order valence-electron chi connectivity index (χ3n) is 4.89. The van der Waals surface area contributed by atoms with Gasteiger partial charge in [-0.25, -0.2) is 0 Å². The van der Waals surface area contributed by atoms with Crippen LogP contribution >= 0.6 is 0 Å². The number of hydrogen-bond donors (Lipinski definition) is 1. The fourth-order valence-electron chi connectivity index (χ4n) is 3.80. The average Bonchev–Trinajstić information content (AvgIpc) is 2.83. The molecule has 0 aromatic heterocycles. The molecule has 1 N–H and O–H groups in total. The van der Waals surface area contributed by atoms with Crippen molar-refractivity contribution in [2.24, 2.45) is 0 Å². The summed E-state index contributed by atoms with van der Waals surface area (Å²) in [5, 5.41) is 24.7. The van der Waals surface area contributed by atoms with Crippen LogP contribution in [0.2, 0.25) is 0 Å². The maximum Gasteiger partial charge on any atom is 0.383 e. The number of nitrogens with zero attached hydrogens (tertiary/aromatic N) is 2. The standard InChI is InChI=1S/C20H21N3O5/c1-10(24)22-13-7-5-11-9-15(26-2)19(27-3)20(28-4)16(11)12-6-8-14(25)18(23-21)17(12)13/h6,8-9,13H,5,7H2,1-4H3,(H-,22,24,25)/t13-/m0/s1. The molecule has 0 unspecified atom stereocenters. The van der Waals surface area contributed by atoms with Crippen LogP contribution in [0.15, 0.2) is 18.2 Å². The summed E-state index contributed by atoms with van der Waals surface area (Å²) in [6.07, 6.45) is 1.08. The number of benzene rings is 2. The SMILES string of the molecule is COc1cc2c(c(OC)c1OC)-c1ccc([O-])c([N+]#N)c1[C@@H](NC(C)=O)CC2. The first-order valence-corrected chi connectivity index (χ1v) is 8.75. The van der Waals surface area contributed by atoms with Gasteiger partial charge in [0.15, 0.2) is 16.5 Å². The molecule has 1 aliphatic rings. The van der Waals surface area contributed by atoms with Crippen molar-refractivity contribution in [3.8, 4) is 34.1 Å². The van der Waals surface area contributed by atoms with Crippen molar-refractivity contribution in [2.45, 2.75) is 25.8 Å². The second kappa shape index (κ2) is 7.64. The number of fused-ring (bicyclic) bond motifs is 3. The van der Waals surface area contributed by atoms with Gasteiger partial charge >= 0.3 is 5.69 Å². The number of carbonyl (C=O) groups excluding carboxylic acids is 1. The fraction of sp³-hybridized carbons (Fsp3) is 0.350. The highest BCUT2D eigenvalue weighted by Gasteiger charge is 2.34. The molecule has 0 heterocycles.